The molecular formula is C18H16N2O5. The molecule has 0 fully saturated rings. The first-order valence-electron chi connectivity index (χ1n) is 7.73. The number of benzene rings is 2. The number of phenolic OH excluding ortho intramolecular Hbond substituents is 1. The lowest BCUT2D eigenvalue weighted by Gasteiger charge is -2.21. The fraction of sp³-hybridized carbons (Fsp3) is 0.222. The summed E-state index contributed by atoms with van der Waals surface area (Å²) in [5.41, 5.74) is 1.47. The molecule has 7 heteroatoms. The highest BCUT2D eigenvalue weighted by molar-refractivity contribution is 6.34. The lowest BCUT2D eigenvalue weighted by molar-refractivity contribution is -0.384. The van der Waals surface area contributed by atoms with Crippen LogP contribution in [-0.4, -0.2) is 21.8 Å². The Bertz CT molecular complexity index is 933. The van der Waals surface area contributed by atoms with E-state index in [0.717, 1.165) is 11.0 Å². The number of anilines is 1. The zero-order chi connectivity index (χ0) is 18.5. The van der Waals surface area contributed by atoms with Gasteiger partial charge in [0, 0.05) is 12.1 Å². The van der Waals surface area contributed by atoms with Crippen molar-refractivity contribution < 1.29 is 19.6 Å². The highest BCUT2D eigenvalue weighted by Gasteiger charge is 2.39. The molecule has 1 N–H and O–H groups in total. The van der Waals surface area contributed by atoms with Crippen molar-refractivity contribution in [3.63, 3.8) is 0 Å². The van der Waals surface area contributed by atoms with Crippen LogP contribution in [-0.2, 0) is 0 Å². The van der Waals surface area contributed by atoms with E-state index >= 15 is 0 Å². The second kappa shape index (κ2) is 5.70. The van der Waals surface area contributed by atoms with Gasteiger partial charge in [0.05, 0.1) is 21.7 Å². The molecule has 3 rings (SSSR count). The lowest BCUT2D eigenvalue weighted by atomic mass is 9.98. The number of phenols is 1. The summed E-state index contributed by atoms with van der Waals surface area (Å²) in [5, 5.41) is 20.9. The quantitative estimate of drug-likeness (QED) is 0.523. The first kappa shape index (κ1) is 16.6. The van der Waals surface area contributed by atoms with Crippen molar-refractivity contribution in [1.29, 1.82) is 0 Å². The molecule has 0 radical (unpaired) electrons. The smallest absolute Gasteiger partial charge is 0.270 e. The summed E-state index contributed by atoms with van der Waals surface area (Å²) >= 11 is 0. The van der Waals surface area contributed by atoms with Gasteiger partial charge in [-0.05, 0) is 42.2 Å². The van der Waals surface area contributed by atoms with Crippen molar-refractivity contribution >= 4 is 23.2 Å². The number of fused-ring (bicyclic) bond motifs is 1. The molecule has 0 bridgehead atoms. The van der Waals surface area contributed by atoms with Crippen LogP contribution in [0.1, 0.15) is 51.6 Å². The van der Waals surface area contributed by atoms with E-state index in [1.807, 2.05) is 13.8 Å². The van der Waals surface area contributed by atoms with Crippen LogP contribution in [0.5, 0.6) is 5.75 Å². The van der Waals surface area contributed by atoms with E-state index in [1.165, 1.54) is 12.1 Å². The number of carbonyl (C=O) groups is 2. The molecule has 7 nitrogen and oxygen atoms in total. The number of hydrogen-bond donors (Lipinski definition) is 1. The van der Waals surface area contributed by atoms with E-state index in [1.54, 1.807) is 19.1 Å². The van der Waals surface area contributed by atoms with Gasteiger partial charge in [-0.25, -0.2) is 4.90 Å². The molecule has 2 aromatic rings. The van der Waals surface area contributed by atoms with Crippen molar-refractivity contribution in [1.82, 2.24) is 0 Å². The van der Waals surface area contributed by atoms with Crippen LogP contribution >= 0.6 is 0 Å². The van der Waals surface area contributed by atoms with E-state index in [0.29, 0.717) is 16.8 Å². The molecule has 0 aromatic heterocycles. The summed E-state index contributed by atoms with van der Waals surface area (Å²) in [6, 6.07) is 6.76. The minimum Gasteiger partial charge on any atom is -0.508 e. The second-order valence-corrected chi connectivity index (χ2v) is 6.28. The summed E-state index contributed by atoms with van der Waals surface area (Å²) in [5.74, 6) is -1.09. The Morgan fingerprint density at radius 1 is 1.08 bits per heavy atom. The van der Waals surface area contributed by atoms with E-state index < -0.39 is 16.7 Å². The van der Waals surface area contributed by atoms with Gasteiger partial charge in [0.15, 0.2) is 0 Å². The highest BCUT2D eigenvalue weighted by Crippen LogP contribution is 2.38. The van der Waals surface area contributed by atoms with Crippen molar-refractivity contribution in [2.75, 3.05) is 4.90 Å². The van der Waals surface area contributed by atoms with Crippen LogP contribution in [0.4, 0.5) is 11.4 Å². The number of imide groups is 1. The molecular weight excluding hydrogens is 324 g/mol. The second-order valence-electron chi connectivity index (χ2n) is 6.28. The van der Waals surface area contributed by atoms with E-state index in [9.17, 15) is 24.8 Å². The molecule has 2 aromatic carbocycles. The van der Waals surface area contributed by atoms with E-state index in [-0.39, 0.29) is 28.5 Å². The van der Waals surface area contributed by atoms with E-state index in [2.05, 4.69) is 0 Å². The molecule has 1 aliphatic rings. The third kappa shape index (κ3) is 2.53. The largest absolute Gasteiger partial charge is 0.508 e. The third-order valence-electron chi connectivity index (χ3n) is 4.29. The predicted octanol–water partition coefficient (Wildman–Crippen LogP) is 3.53. The van der Waals surface area contributed by atoms with Crippen molar-refractivity contribution in [3.8, 4) is 5.75 Å². The average Bonchev–Trinajstić information content (AvgIpc) is 2.80. The maximum Gasteiger partial charge on any atom is 0.270 e. The van der Waals surface area contributed by atoms with E-state index in [4.69, 9.17) is 0 Å². The number of amides is 2. The predicted molar refractivity (Wildman–Crippen MR) is 91.2 cm³/mol. The fourth-order valence-electron chi connectivity index (χ4n) is 2.91. The number of nitro groups is 1. The fourth-order valence-corrected chi connectivity index (χ4v) is 2.91. The number of hydrogen-bond acceptors (Lipinski definition) is 5. The minimum absolute atomic E-state index is 0.0136. The van der Waals surface area contributed by atoms with Gasteiger partial charge in [0.2, 0.25) is 0 Å². The van der Waals surface area contributed by atoms with Crippen LogP contribution in [0.25, 0.3) is 0 Å². The molecule has 0 spiro atoms. The topological polar surface area (TPSA) is 101 Å². The van der Waals surface area contributed by atoms with Gasteiger partial charge >= 0.3 is 0 Å². The maximum absolute atomic E-state index is 12.8. The Morgan fingerprint density at radius 3 is 2.32 bits per heavy atom. The summed E-state index contributed by atoms with van der Waals surface area (Å²) in [4.78, 5) is 36.9. The number of non-ortho nitro benzene ring substituents is 1. The molecule has 2 amide bonds. The molecule has 0 aliphatic carbocycles. The van der Waals surface area contributed by atoms with Crippen LogP contribution in [0, 0.1) is 17.0 Å². The SMILES string of the molecule is Cc1cc(N2C(=O)c3ccc([N+](=O)[O-])cc3C2=O)c(C(C)C)cc1O. The van der Waals surface area contributed by atoms with Gasteiger partial charge in [-0.1, -0.05) is 13.8 Å². The Kier molecular flexibility index (Phi) is 3.79. The summed E-state index contributed by atoms with van der Waals surface area (Å²) in [7, 11) is 0. The monoisotopic (exact) mass is 340 g/mol. The molecule has 0 saturated heterocycles. The van der Waals surface area contributed by atoms with Crippen LogP contribution in [0.3, 0.4) is 0 Å². The van der Waals surface area contributed by atoms with Gasteiger partial charge in [-0.15, -0.1) is 0 Å². The van der Waals surface area contributed by atoms with Gasteiger partial charge in [0.1, 0.15) is 5.75 Å². The van der Waals surface area contributed by atoms with Crippen molar-refractivity contribution in [2.45, 2.75) is 26.7 Å². The molecule has 1 heterocycles. The van der Waals surface area contributed by atoms with Gasteiger partial charge < -0.3 is 5.11 Å². The van der Waals surface area contributed by atoms with Crippen LogP contribution < -0.4 is 4.90 Å². The molecule has 128 valence electrons. The summed E-state index contributed by atoms with van der Waals surface area (Å²) in [6.07, 6.45) is 0. The number of nitrogens with zero attached hydrogens (tertiary/aromatic N) is 2. The van der Waals surface area contributed by atoms with Gasteiger partial charge in [-0.2, -0.15) is 0 Å². The van der Waals surface area contributed by atoms with Crippen LogP contribution in [0.2, 0.25) is 0 Å². The first-order chi connectivity index (χ1) is 11.7. The minimum atomic E-state index is -0.606. The van der Waals surface area contributed by atoms with Crippen LogP contribution in [0.15, 0.2) is 30.3 Å². The zero-order valence-corrected chi connectivity index (χ0v) is 13.9. The van der Waals surface area contributed by atoms with Crippen molar-refractivity contribution in [2.24, 2.45) is 0 Å². The Hall–Kier alpha value is -3.22. The number of rotatable bonds is 3. The van der Waals surface area contributed by atoms with Gasteiger partial charge in [-0.3, -0.25) is 19.7 Å². The maximum atomic E-state index is 12.8. The number of nitro benzene ring substituents is 1. The average molecular weight is 340 g/mol. The molecule has 0 unspecified atom stereocenters. The van der Waals surface area contributed by atoms with Crippen molar-refractivity contribution in [3.05, 3.63) is 62.7 Å². The third-order valence-corrected chi connectivity index (χ3v) is 4.29. The Morgan fingerprint density at radius 2 is 1.72 bits per heavy atom. The standard InChI is InChI=1S/C18H16N2O5/c1-9(2)13-8-16(21)10(3)6-15(13)19-17(22)12-5-4-11(20(24)25)7-14(12)18(19)23/h4-9,21H,1-3H3. The Balaban J connectivity index is 2.17. The summed E-state index contributed by atoms with van der Waals surface area (Å²) < 4.78 is 0. The zero-order valence-electron chi connectivity index (χ0n) is 13.9. The number of aromatic hydroxyl groups is 1. The molecule has 0 atom stereocenters. The molecule has 25 heavy (non-hydrogen) atoms. The van der Waals surface area contributed by atoms with Gasteiger partial charge in [0.25, 0.3) is 17.5 Å². The first-order valence-corrected chi connectivity index (χ1v) is 7.73. The summed E-state index contributed by atoms with van der Waals surface area (Å²) in [6.45, 7) is 5.44. The Labute approximate surface area is 143 Å². The normalized spacial score (nSPS) is 13.5. The number of carbonyl (C=O) groups excluding carboxylic acids is 2. The highest BCUT2D eigenvalue weighted by atomic mass is 16.6. The molecule has 1 aliphatic heterocycles. The lowest BCUT2D eigenvalue weighted by Crippen LogP contribution is -2.30. The molecule has 0 saturated carbocycles. The number of aryl methyl sites for hydroxylation is 1.